The van der Waals surface area contributed by atoms with E-state index in [-0.39, 0.29) is 5.91 Å². The number of tetrazole rings is 1. The van der Waals surface area contributed by atoms with E-state index in [9.17, 15) is 4.79 Å². The number of benzene rings is 3. The van der Waals surface area contributed by atoms with Crippen molar-refractivity contribution in [2.24, 2.45) is 0 Å². The van der Waals surface area contributed by atoms with Crippen LogP contribution in [0.15, 0.2) is 78.9 Å². The Hall–Kier alpha value is -4.00. The lowest BCUT2D eigenvalue weighted by Gasteiger charge is -2.18. The van der Waals surface area contributed by atoms with Crippen molar-refractivity contribution in [1.82, 2.24) is 20.6 Å². The summed E-state index contributed by atoms with van der Waals surface area (Å²) >= 11 is 0. The maximum Gasteiger partial charge on any atom is 0.265 e. The zero-order chi connectivity index (χ0) is 20.8. The molecular weight excluding hydrogens is 378 g/mol. The molecule has 4 rings (SSSR count). The number of carbonyl (C=O) groups excluding carboxylic acids is 1. The summed E-state index contributed by atoms with van der Waals surface area (Å²) in [6, 6.07) is 25.2. The minimum absolute atomic E-state index is 0.263. The van der Waals surface area contributed by atoms with Gasteiger partial charge in [0.05, 0.1) is 5.69 Å². The topological polar surface area (TPSA) is 92.8 Å². The number of rotatable bonds is 7. The van der Waals surface area contributed by atoms with Crippen LogP contribution in [0, 0.1) is 0 Å². The van der Waals surface area contributed by atoms with Crippen LogP contribution in [0.1, 0.15) is 18.1 Å². The number of hydrogen-bond donors (Lipinski definition) is 2. The van der Waals surface area contributed by atoms with Crippen LogP contribution in [0.4, 0.5) is 5.69 Å². The van der Waals surface area contributed by atoms with Crippen LogP contribution in [0.2, 0.25) is 0 Å². The number of para-hydroxylation sites is 2. The van der Waals surface area contributed by atoms with Gasteiger partial charge in [0.15, 0.2) is 6.10 Å². The van der Waals surface area contributed by atoms with Gasteiger partial charge in [0.2, 0.25) is 5.82 Å². The Balaban J connectivity index is 1.48. The maximum atomic E-state index is 12.8. The quantitative estimate of drug-likeness (QED) is 0.492. The molecule has 1 aromatic heterocycles. The molecule has 0 saturated heterocycles. The Kier molecular flexibility index (Phi) is 5.80. The van der Waals surface area contributed by atoms with Gasteiger partial charge < -0.3 is 10.1 Å². The normalized spacial score (nSPS) is 11.6. The van der Waals surface area contributed by atoms with Crippen molar-refractivity contribution < 1.29 is 9.53 Å². The molecule has 0 spiro atoms. The number of carbonyl (C=O) groups is 1. The Morgan fingerprint density at radius 2 is 1.73 bits per heavy atom. The largest absolute Gasteiger partial charge is 0.481 e. The Labute approximate surface area is 174 Å². The fourth-order valence-corrected chi connectivity index (χ4v) is 3.12. The molecule has 0 radical (unpaired) electrons. The van der Waals surface area contributed by atoms with Crippen molar-refractivity contribution in [1.29, 1.82) is 0 Å². The molecule has 7 nitrogen and oxygen atoms in total. The van der Waals surface area contributed by atoms with Gasteiger partial charge in [-0.15, -0.1) is 10.2 Å². The van der Waals surface area contributed by atoms with Crippen LogP contribution < -0.4 is 10.1 Å². The molecule has 1 unspecified atom stereocenters. The van der Waals surface area contributed by atoms with Gasteiger partial charge in [0, 0.05) is 12.0 Å². The van der Waals surface area contributed by atoms with E-state index >= 15 is 0 Å². The standard InChI is InChI=1S/C23H21N5O2/c1-16(23(29)24-20-13-7-6-12-19(20)22-25-27-28-26-22)30-21-14-8-5-11-18(21)15-17-9-3-2-4-10-17/h2-14,16H,15H2,1H3,(H,24,29)(H,25,26,27,28). The van der Waals surface area contributed by atoms with Crippen molar-refractivity contribution in [2.75, 3.05) is 5.32 Å². The first-order chi connectivity index (χ1) is 14.7. The summed E-state index contributed by atoms with van der Waals surface area (Å²) in [7, 11) is 0. The number of nitrogens with one attached hydrogen (secondary N) is 2. The molecule has 1 amide bonds. The summed E-state index contributed by atoms with van der Waals surface area (Å²) in [6.07, 6.45) is 0.0340. The number of nitrogens with zero attached hydrogens (tertiary/aromatic N) is 3. The second-order valence-electron chi connectivity index (χ2n) is 6.80. The van der Waals surface area contributed by atoms with E-state index in [2.05, 4.69) is 38.1 Å². The van der Waals surface area contributed by atoms with Crippen molar-refractivity contribution in [2.45, 2.75) is 19.4 Å². The van der Waals surface area contributed by atoms with Crippen LogP contribution >= 0.6 is 0 Å². The average molecular weight is 399 g/mol. The van der Waals surface area contributed by atoms with E-state index in [0.717, 1.165) is 12.0 Å². The number of aromatic amines is 1. The predicted octanol–water partition coefficient (Wildman–Crippen LogP) is 3.86. The number of ether oxygens (including phenoxy) is 1. The predicted molar refractivity (Wildman–Crippen MR) is 114 cm³/mol. The average Bonchev–Trinajstić information content (AvgIpc) is 3.31. The molecule has 0 aliphatic rings. The minimum atomic E-state index is -0.694. The zero-order valence-corrected chi connectivity index (χ0v) is 16.4. The first kappa shape index (κ1) is 19.3. The molecule has 1 atom stereocenters. The van der Waals surface area contributed by atoms with Gasteiger partial charge >= 0.3 is 0 Å². The molecule has 7 heteroatoms. The van der Waals surface area contributed by atoms with Gasteiger partial charge in [-0.25, -0.2) is 0 Å². The summed E-state index contributed by atoms with van der Waals surface area (Å²) in [5.74, 6) is 0.837. The number of amides is 1. The number of H-pyrrole nitrogens is 1. The molecule has 2 N–H and O–H groups in total. The van der Waals surface area contributed by atoms with E-state index in [1.165, 1.54) is 5.56 Å². The lowest BCUT2D eigenvalue weighted by atomic mass is 10.0. The Bertz CT molecular complexity index is 1110. The number of aromatic nitrogens is 4. The summed E-state index contributed by atoms with van der Waals surface area (Å²) in [5.41, 5.74) is 3.48. The number of hydrogen-bond acceptors (Lipinski definition) is 5. The van der Waals surface area contributed by atoms with Crippen LogP contribution in [0.25, 0.3) is 11.4 Å². The lowest BCUT2D eigenvalue weighted by molar-refractivity contribution is -0.122. The summed E-state index contributed by atoms with van der Waals surface area (Å²) in [6.45, 7) is 1.73. The molecule has 0 aliphatic carbocycles. The molecule has 0 aliphatic heterocycles. The Morgan fingerprint density at radius 3 is 2.53 bits per heavy atom. The van der Waals surface area contributed by atoms with Crippen molar-refractivity contribution in [3.05, 3.63) is 90.0 Å². The summed E-state index contributed by atoms with van der Waals surface area (Å²) < 4.78 is 6.02. The summed E-state index contributed by atoms with van der Waals surface area (Å²) in [5, 5.41) is 16.9. The van der Waals surface area contributed by atoms with E-state index in [1.807, 2.05) is 60.7 Å². The lowest BCUT2D eigenvalue weighted by Crippen LogP contribution is -2.30. The molecule has 0 bridgehead atoms. The minimum Gasteiger partial charge on any atom is -0.481 e. The van der Waals surface area contributed by atoms with Gasteiger partial charge in [-0.1, -0.05) is 60.7 Å². The Morgan fingerprint density at radius 1 is 1.00 bits per heavy atom. The van der Waals surface area contributed by atoms with Gasteiger partial charge in [0.25, 0.3) is 5.91 Å². The molecule has 30 heavy (non-hydrogen) atoms. The van der Waals surface area contributed by atoms with E-state index in [1.54, 1.807) is 13.0 Å². The van der Waals surface area contributed by atoms with Crippen LogP contribution in [-0.2, 0) is 11.2 Å². The van der Waals surface area contributed by atoms with Crippen LogP contribution in [-0.4, -0.2) is 32.6 Å². The maximum absolute atomic E-state index is 12.8. The van der Waals surface area contributed by atoms with Crippen molar-refractivity contribution >= 4 is 11.6 Å². The highest BCUT2D eigenvalue weighted by Gasteiger charge is 2.19. The third-order valence-electron chi connectivity index (χ3n) is 4.65. The highest BCUT2D eigenvalue weighted by molar-refractivity contribution is 5.97. The monoisotopic (exact) mass is 399 g/mol. The fraction of sp³-hybridized carbons (Fsp3) is 0.130. The van der Waals surface area contributed by atoms with Crippen LogP contribution in [0.5, 0.6) is 5.75 Å². The molecule has 4 aromatic rings. The second kappa shape index (κ2) is 9.00. The highest BCUT2D eigenvalue weighted by atomic mass is 16.5. The molecule has 0 saturated carbocycles. The van der Waals surface area contributed by atoms with Crippen LogP contribution in [0.3, 0.4) is 0 Å². The van der Waals surface area contributed by atoms with Crippen molar-refractivity contribution in [3.8, 4) is 17.1 Å². The number of anilines is 1. The van der Waals surface area contributed by atoms with Gasteiger partial charge in [-0.2, -0.15) is 5.21 Å². The summed E-state index contributed by atoms with van der Waals surface area (Å²) in [4.78, 5) is 12.8. The van der Waals surface area contributed by atoms with E-state index in [0.29, 0.717) is 22.8 Å². The smallest absolute Gasteiger partial charge is 0.265 e. The first-order valence-corrected chi connectivity index (χ1v) is 9.63. The highest BCUT2D eigenvalue weighted by Crippen LogP contribution is 2.26. The molecule has 3 aromatic carbocycles. The fourth-order valence-electron chi connectivity index (χ4n) is 3.12. The third kappa shape index (κ3) is 4.52. The first-order valence-electron chi connectivity index (χ1n) is 9.63. The van der Waals surface area contributed by atoms with Crippen molar-refractivity contribution in [3.63, 3.8) is 0 Å². The van der Waals surface area contributed by atoms with Gasteiger partial charge in [-0.05, 0) is 41.5 Å². The zero-order valence-electron chi connectivity index (χ0n) is 16.4. The molecular formula is C23H21N5O2. The molecule has 0 fully saturated rings. The van der Waals surface area contributed by atoms with E-state index < -0.39 is 6.10 Å². The van der Waals surface area contributed by atoms with Gasteiger partial charge in [-0.3, -0.25) is 4.79 Å². The molecule has 1 heterocycles. The molecule has 150 valence electrons. The SMILES string of the molecule is CC(Oc1ccccc1Cc1ccccc1)C(=O)Nc1ccccc1-c1nn[nH]n1. The van der Waals surface area contributed by atoms with E-state index in [4.69, 9.17) is 4.74 Å². The second-order valence-corrected chi connectivity index (χ2v) is 6.80. The third-order valence-corrected chi connectivity index (χ3v) is 4.65. The van der Waals surface area contributed by atoms with Gasteiger partial charge in [0.1, 0.15) is 5.75 Å².